The summed E-state index contributed by atoms with van der Waals surface area (Å²) in [6.45, 7) is 2.16. The van der Waals surface area contributed by atoms with Crippen LogP contribution in [0.2, 0.25) is 5.02 Å². The molecule has 0 amide bonds. The summed E-state index contributed by atoms with van der Waals surface area (Å²) in [5, 5.41) is 13.7. The van der Waals surface area contributed by atoms with Gasteiger partial charge in [0, 0.05) is 17.1 Å². The molecular formula is C16H21ClN2. The van der Waals surface area contributed by atoms with Crippen LogP contribution in [0, 0.1) is 17.2 Å². The largest absolute Gasteiger partial charge is 0.306 e. The predicted octanol–water partition coefficient (Wildman–Crippen LogP) is 4.46. The first-order chi connectivity index (χ1) is 9.20. The van der Waals surface area contributed by atoms with Crippen LogP contribution in [0.1, 0.15) is 50.6 Å². The second-order valence-electron chi connectivity index (χ2n) is 5.42. The van der Waals surface area contributed by atoms with Crippen molar-refractivity contribution in [1.82, 2.24) is 5.32 Å². The summed E-state index contributed by atoms with van der Waals surface area (Å²) in [6.07, 6.45) is 5.80. The first-order valence-corrected chi connectivity index (χ1v) is 7.49. The molecule has 1 N–H and O–H groups in total. The molecule has 0 bridgehead atoms. The molecule has 1 saturated carbocycles. The summed E-state index contributed by atoms with van der Waals surface area (Å²) in [5.74, 6) is 0.150. The third-order valence-corrected chi connectivity index (χ3v) is 4.27. The van der Waals surface area contributed by atoms with Crippen molar-refractivity contribution in [3.8, 4) is 6.07 Å². The molecule has 1 fully saturated rings. The molecule has 0 heterocycles. The molecule has 102 valence electrons. The minimum atomic E-state index is 0.150. The first-order valence-electron chi connectivity index (χ1n) is 7.12. The topological polar surface area (TPSA) is 35.8 Å². The normalized spacial score (nSPS) is 25.3. The zero-order valence-corrected chi connectivity index (χ0v) is 12.2. The molecule has 0 radical (unpaired) electrons. The zero-order chi connectivity index (χ0) is 13.7. The van der Waals surface area contributed by atoms with Crippen molar-refractivity contribution >= 4 is 11.6 Å². The van der Waals surface area contributed by atoms with Crippen LogP contribution in [-0.4, -0.2) is 6.04 Å². The summed E-state index contributed by atoms with van der Waals surface area (Å²) in [4.78, 5) is 0. The molecule has 1 aliphatic rings. The first kappa shape index (κ1) is 14.4. The van der Waals surface area contributed by atoms with Gasteiger partial charge in [0.2, 0.25) is 0 Å². The van der Waals surface area contributed by atoms with E-state index in [0.717, 1.165) is 17.9 Å². The van der Waals surface area contributed by atoms with Gasteiger partial charge in [0.25, 0.3) is 0 Å². The van der Waals surface area contributed by atoms with Gasteiger partial charge in [-0.2, -0.15) is 5.26 Å². The van der Waals surface area contributed by atoms with Crippen LogP contribution in [0.4, 0.5) is 0 Å². The number of rotatable bonds is 3. The second kappa shape index (κ2) is 6.93. The lowest BCUT2D eigenvalue weighted by Crippen LogP contribution is -2.36. The quantitative estimate of drug-likeness (QED) is 0.827. The molecule has 1 aromatic carbocycles. The summed E-state index contributed by atoms with van der Waals surface area (Å²) in [6, 6.07) is 11.0. The van der Waals surface area contributed by atoms with E-state index in [1.54, 1.807) is 0 Å². The lowest BCUT2D eigenvalue weighted by atomic mass is 9.95. The molecule has 0 aromatic heterocycles. The van der Waals surface area contributed by atoms with E-state index in [1.165, 1.54) is 24.8 Å². The van der Waals surface area contributed by atoms with Gasteiger partial charge in [-0.3, -0.25) is 0 Å². The Morgan fingerprint density at radius 1 is 1.21 bits per heavy atom. The highest BCUT2D eigenvalue weighted by atomic mass is 35.5. The van der Waals surface area contributed by atoms with E-state index >= 15 is 0 Å². The van der Waals surface area contributed by atoms with Gasteiger partial charge in [0.15, 0.2) is 0 Å². The van der Waals surface area contributed by atoms with Gasteiger partial charge in [-0.1, -0.05) is 43.0 Å². The fourth-order valence-electron chi connectivity index (χ4n) is 2.83. The number of nitrogens with zero attached hydrogens (tertiary/aromatic N) is 1. The molecule has 1 aromatic rings. The van der Waals surface area contributed by atoms with E-state index in [4.69, 9.17) is 11.6 Å². The molecule has 3 heteroatoms. The van der Waals surface area contributed by atoms with Crippen molar-refractivity contribution in [2.75, 3.05) is 0 Å². The van der Waals surface area contributed by atoms with Crippen LogP contribution in [0.5, 0.6) is 0 Å². The van der Waals surface area contributed by atoms with Gasteiger partial charge < -0.3 is 5.32 Å². The molecule has 0 saturated heterocycles. The molecule has 3 atom stereocenters. The van der Waals surface area contributed by atoms with Gasteiger partial charge in [0.1, 0.15) is 0 Å². The summed E-state index contributed by atoms with van der Waals surface area (Å²) in [5.41, 5.74) is 1.23. The average Bonchev–Trinajstić information content (AvgIpc) is 2.64. The third-order valence-electron chi connectivity index (χ3n) is 4.02. The Kier molecular flexibility index (Phi) is 5.24. The zero-order valence-electron chi connectivity index (χ0n) is 11.4. The Balaban J connectivity index is 2.02. The summed E-state index contributed by atoms with van der Waals surface area (Å²) < 4.78 is 0. The lowest BCUT2D eigenvalue weighted by molar-refractivity contribution is 0.361. The standard InChI is InChI=1S/C16H21ClN2/c1-12(13-7-9-15(17)10-8-13)19-16-6-4-2-3-5-14(16)11-18/h7-10,12,14,16,19H,2-6H2,1H3/t12-,14?,16?/m0/s1. The highest BCUT2D eigenvalue weighted by Crippen LogP contribution is 2.25. The molecule has 0 spiro atoms. The van der Waals surface area contributed by atoms with Crippen molar-refractivity contribution < 1.29 is 0 Å². The summed E-state index contributed by atoms with van der Waals surface area (Å²) >= 11 is 5.91. The van der Waals surface area contributed by atoms with Crippen molar-refractivity contribution in [2.24, 2.45) is 5.92 Å². The van der Waals surface area contributed by atoms with Crippen LogP contribution < -0.4 is 5.32 Å². The smallest absolute Gasteiger partial charge is 0.0672 e. The van der Waals surface area contributed by atoms with Crippen molar-refractivity contribution in [3.05, 3.63) is 34.9 Å². The van der Waals surface area contributed by atoms with Crippen LogP contribution in [0.3, 0.4) is 0 Å². The molecule has 0 aliphatic heterocycles. The number of halogens is 1. The Morgan fingerprint density at radius 2 is 1.89 bits per heavy atom. The third kappa shape index (κ3) is 3.96. The Hall–Kier alpha value is -1.04. The maximum Gasteiger partial charge on any atom is 0.0672 e. The van der Waals surface area contributed by atoms with Crippen LogP contribution in [-0.2, 0) is 0 Å². The van der Waals surface area contributed by atoms with Crippen LogP contribution >= 0.6 is 11.6 Å². The maximum atomic E-state index is 9.30. The molecule has 19 heavy (non-hydrogen) atoms. The minimum Gasteiger partial charge on any atom is -0.306 e. The van der Waals surface area contributed by atoms with E-state index in [1.807, 2.05) is 12.1 Å². The van der Waals surface area contributed by atoms with Crippen LogP contribution in [0.15, 0.2) is 24.3 Å². The summed E-state index contributed by atoms with van der Waals surface area (Å²) in [7, 11) is 0. The minimum absolute atomic E-state index is 0.150. The Morgan fingerprint density at radius 3 is 2.58 bits per heavy atom. The molecule has 2 nitrogen and oxygen atoms in total. The molecule has 2 rings (SSSR count). The van der Waals surface area contributed by atoms with Gasteiger partial charge in [-0.25, -0.2) is 0 Å². The Labute approximate surface area is 120 Å². The van der Waals surface area contributed by atoms with E-state index < -0.39 is 0 Å². The lowest BCUT2D eigenvalue weighted by Gasteiger charge is -2.25. The number of nitriles is 1. The Bertz CT molecular complexity index is 435. The number of hydrogen-bond acceptors (Lipinski definition) is 2. The molecule has 2 unspecified atom stereocenters. The van der Waals surface area contributed by atoms with E-state index in [0.29, 0.717) is 6.04 Å². The van der Waals surface area contributed by atoms with Crippen molar-refractivity contribution in [1.29, 1.82) is 5.26 Å². The van der Waals surface area contributed by atoms with Crippen molar-refractivity contribution in [3.63, 3.8) is 0 Å². The maximum absolute atomic E-state index is 9.30. The molecular weight excluding hydrogens is 256 g/mol. The monoisotopic (exact) mass is 276 g/mol. The number of hydrogen-bond donors (Lipinski definition) is 1. The van der Waals surface area contributed by atoms with E-state index in [9.17, 15) is 5.26 Å². The fraction of sp³-hybridized carbons (Fsp3) is 0.562. The number of nitrogens with one attached hydrogen (secondary N) is 1. The molecule has 1 aliphatic carbocycles. The van der Waals surface area contributed by atoms with Gasteiger partial charge in [-0.15, -0.1) is 0 Å². The van der Waals surface area contributed by atoms with Crippen LogP contribution in [0.25, 0.3) is 0 Å². The SMILES string of the molecule is C[C@H](NC1CCCCCC1C#N)c1ccc(Cl)cc1. The van der Waals surface area contributed by atoms with Gasteiger partial charge >= 0.3 is 0 Å². The average molecular weight is 277 g/mol. The second-order valence-corrected chi connectivity index (χ2v) is 5.86. The highest BCUT2D eigenvalue weighted by molar-refractivity contribution is 6.30. The van der Waals surface area contributed by atoms with E-state index in [-0.39, 0.29) is 12.0 Å². The highest BCUT2D eigenvalue weighted by Gasteiger charge is 2.24. The van der Waals surface area contributed by atoms with E-state index in [2.05, 4.69) is 30.4 Å². The van der Waals surface area contributed by atoms with Crippen molar-refractivity contribution in [2.45, 2.75) is 51.1 Å². The predicted molar refractivity (Wildman–Crippen MR) is 79.0 cm³/mol. The van der Waals surface area contributed by atoms with Gasteiger partial charge in [0.05, 0.1) is 12.0 Å². The number of benzene rings is 1. The van der Waals surface area contributed by atoms with Gasteiger partial charge in [-0.05, 0) is 37.5 Å². The fourth-order valence-corrected chi connectivity index (χ4v) is 2.96.